The zero-order chi connectivity index (χ0) is 14.2. The maximum absolute atomic E-state index is 12.4. The molecule has 2 unspecified atom stereocenters. The van der Waals surface area contributed by atoms with Crippen molar-refractivity contribution in [2.75, 3.05) is 19.6 Å². The van der Waals surface area contributed by atoms with Gasteiger partial charge in [-0.2, -0.15) is 0 Å². The number of hydrogen-bond donors (Lipinski definition) is 1. The SMILES string of the molecule is CC1CCCC(C)N1C(=O)CN1CC(O)(C(C)C)C1. The zero-order valence-corrected chi connectivity index (χ0v) is 12.7. The lowest BCUT2D eigenvalue weighted by molar-refractivity contribution is -0.153. The van der Waals surface area contributed by atoms with Crippen LogP contribution in [0, 0.1) is 5.92 Å². The molecular formula is C15H28N2O2. The van der Waals surface area contributed by atoms with Crippen LogP contribution in [0.5, 0.6) is 0 Å². The van der Waals surface area contributed by atoms with E-state index in [2.05, 4.69) is 23.6 Å². The van der Waals surface area contributed by atoms with Crippen LogP contribution in [0.2, 0.25) is 0 Å². The molecule has 110 valence electrons. The molecule has 4 heteroatoms. The molecule has 0 aromatic rings. The van der Waals surface area contributed by atoms with Crippen LogP contribution in [0.15, 0.2) is 0 Å². The summed E-state index contributed by atoms with van der Waals surface area (Å²) in [6.07, 6.45) is 3.46. The van der Waals surface area contributed by atoms with E-state index in [9.17, 15) is 9.90 Å². The van der Waals surface area contributed by atoms with Crippen molar-refractivity contribution in [2.45, 2.75) is 64.6 Å². The van der Waals surface area contributed by atoms with Gasteiger partial charge in [0.1, 0.15) is 0 Å². The highest BCUT2D eigenvalue weighted by atomic mass is 16.3. The molecule has 2 saturated heterocycles. The maximum atomic E-state index is 12.4. The summed E-state index contributed by atoms with van der Waals surface area (Å²) in [4.78, 5) is 16.5. The molecule has 0 aliphatic carbocycles. The standard InChI is InChI=1S/C15H28N2O2/c1-11(2)15(19)9-16(10-15)8-14(18)17-12(3)6-5-7-13(17)4/h11-13,19H,5-10H2,1-4H3. The molecule has 0 aromatic heterocycles. The Kier molecular flexibility index (Phi) is 4.21. The maximum Gasteiger partial charge on any atom is 0.237 e. The Balaban J connectivity index is 1.85. The molecule has 19 heavy (non-hydrogen) atoms. The van der Waals surface area contributed by atoms with Crippen molar-refractivity contribution in [2.24, 2.45) is 5.92 Å². The molecule has 1 amide bonds. The first-order chi connectivity index (χ1) is 8.83. The van der Waals surface area contributed by atoms with Crippen LogP contribution in [0.25, 0.3) is 0 Å². The molecule has 2 atom stereocenters. The summed E-state index contributed by atoms with van der Waals surface area (Å²) in [5, 5.41) is 10.2. The third kappa shape index (κ3) is 2.95. The largest absolute Gasteiger partial charge is 0.387 e. The van der Waals surface area contributed by atoms with Gasteiger partial charge in [0.2, 0.25) is 5.91 Å². The zero-order valence-electron chi connectivity index (χ0n) is 12.7. The lowest BCUT2D eigenvalue weighted by Crippen LogP contribution is -2.66. The molecule has 2 fully saturated rings. The molecule has 0 saturated carbocycles. The minimum absolute atomic E-state index is 0.227. The Bertz CT molecular complexity index is 327. The van der Waals surface area contributed by atoms with Gasteiger partial charge in [0.05, 0.1) is 12.1 Å². The van der Waals surface area contributed by atoms with Crippen LogP contribution < -0.4 is 0 Å². The van der Waals surface area contributed by atoms with Crippen LogP contribution in [0.1, 0.15) is 47.0 Å². The second kappa shape index (κ2) is 5.41. The van der Waals surface area contributed by atoms with Gasteiger partial charge in [-0.1, -0.05) is 13.8 Å². The van der Waals surface area contributed by atoms with Crippen molar-refractivity contribution >= 4 is 5.91 Å². The van der Waals surface area contributed by atoms with Crippen molar-refractivity contribution in [1.29, 1.82) is 0 Å². The Morgan fingerprint density at radius 1 is 1.26 bits per heavy atom. The summed E-state index contributed by atoms with van der Waals surface area (Å²) in [6, 6.07) is 0.725. The van der Waals surface area contributed by atoms with Gasteiger partial charge in [-0.25, -0.2) is 0 Å². The molecule has 2 aliphatic heterocycles. The van der Waals surface area contributed by atoms with Crippen LogP contribution in [0.4, 0.5) is 0 Å². The van der Waals surface area contributed by atoms with Crippen molar-refractivity contribution in [3.05, 3.63) is 0 Å². The average molecular weight is 268 g/mol. The number of β-amino-alcohol motifs (C(OH)–C–C–N with tert-alkyl or cyclic N) is 1. The van der Waals surface area contributed by atoms with Gasteiger partial charge >= 0.3 is 0 Å². The summed E-state index contributed by atoms with van der Waals surface area (Å²) < 4.78 is 0. The summed E-state index contributed by atoms with van der Waals surface area (Å²) in [5.41, 5.74) is -0.584. The van der Waals surface area contributed by atoms with Gasteiger partial charge in [-0.05, 0) is 39.0 Å². The fourth-order valence-corrected chi connectivity index (χ4v) is 3.39. The number of amides is 1. The lowest BCUT2D eigenvalue weighted by Gasteiger charge is -2.50. The van der Waals surface area contributed by atoms with E-state index in [1.807, 2.05) is 13.8 Å². The number of aliphatic hydroxyl groups is 1. The fraction of sp³-hybridized carbons (Fsp3) is 0.933. The van der Waals surface area contributed by atoms with E-state index in [-0.39, 0.29) is 11.8 Å². The second-order valence-electron chi connectivity index (χ2n) is 6.83. The molecular weight excluding hydrogens is 240 g/mol. The summed E-state index contributed by atoms with van der Waals surface area (Å²) >= 11 is 0. The van der Waals surface area contributed by atoms with Crippen molar-refractivity contribution in [3.63, 3.8) is 0 Å². The Labute approximate surface area is 116 Å². The fourth-order valence-electron chi connectivity index (χ4n) is 3.39. The molecule has 1 N–H and O–H groups in total. The van der Waals surface area contributed by atoms with Gasteiger partial charge in [-0.15, -0.1) is 0 Å². The highest BCUT2D eigenvalue weighted by Crippen LogP contribution is 2.29. The first-order valence-electron chi connectivity index (χ1n) is 7.59. The van der Waals surface area contributed by atoms with E-state index in [0.29, 0.717) is 31.7 Å². The third-order valence-electron chi connectivity index (χ3n) is 4.91. The molecule has 4 nitrogen and oxygen atoms in total. The molecule has 2 heterocycles. The van der Waals surface area contributed by atoms with E-state index in [0.717, 1.165) is 12.8 Å². The van der Waals surface area contributed by atoms with Gasteiger partial charge in [0.25, 0.3) is 0 Å². The predicted octanol–water partition coefficient (Wildman–Crippen LogP) is 1.48. The van der Waals surface area contributed by atoms with Crippen molar-refractivity contribution in [1.82, 2.24) is 9.80 Å². The van der Waals surface area contributed by atoms with E-state index in [4.69, 9.17) is 0 Å². The van der Waals surface area contributed by atoms with Crippen molar-refractivity contribution < 1.29 is 9.90 Å². The molecule has 0 aromatic carbocycles. The molecule has 0 spiro atoms. The van der Waals surface area contributed by atoms with Crippen LogP contribution in [-0.4, -0.2) is 58.1 Å². The number of likely N-dealkylation sites (tertiary alicyclic amines) is 2. The molecule has 2 aliphatic rings. The third-order valence-corrected chi connectivity index (χ3v) is 4.91. The normalized spacial score (nSPS) is 31.4. The average Bonchev–Trinajstić information content (AvgIpc) is 2.26. The summed E-state index contributed by atoms with van der Waals surface area (Å²) in [7, 11) is 0. The first-order valence-corrected chi connectivity index (χ1v) is 7.59. The Morgan fingerprint density at radius 2 is 1.79 bits per heavy atom. The number of carbonyl (C=O) groups is 1. The Morgan fingerprint density at radius 3 is 2.26 bits per heavy atom. The highest BCUT2D eigenvalue weighted by molar-refractivity contribution is 5.79. The number of carbonyl (C=O) groups excluding carboxylic acids is 1. The topological polar surface area (TPSA) is 43.8 Å². The summed E-state index contributed by atoms with van der Waals surface area (Å²) in [6.45, 7) is 10.1. The monoisotopic (exact) mass is 268 g/mol. The van der Waals surface area contributed by atoms with Crippen molar-refractivity contribution in [3.8, 4) is 0 Å². The first kappa shape index (κ1) is 14.8. The number of hydrogen-bond acceptors (Lipinski definition) is 3. The van der Waals surface area contributed by atoms with E-state index in [1.54, 1.807) is 0 Å². The van der Waals surface area contributed by atoms with Crippen LogP contribution in [-0.2, 0) is 4.79 Å². The minimum atomic E-state index is -0.584. The van der Waals surface area contributed by atoms with Gasteiger partial charge in [0.15, 0.2) is 0 Å². The highest BCUT2D eigenvalue weighted by Gasteiger charge is 2.44. The van der Waals surface area contributed by atoms with Crippen LogP contribution in [0.3, 0.4) is 0 Å². The van der Waals surface area contributed by atoms with Gasteiger partial charge in [-0.3, -0.25) is 9.69 Å². The van der Waals surface area contributed by atoms with E-state index < -0.39 is 5.60 Å². The molecule has 0 radical (unpaired) electrons. The molecule has 2 rings (SSSR count). The number of rotatable bonds is 3. The quantitative estimate of drug-likeness (QED) is 0.843. The van der Waals surface area contributed by atoms with E-state index in [1.165, 1.54) is 6.42 Å². The molecule has 0 bridgehead atoms. The van der Waals surface area contributed by atoms with Gasteiger partial charge < -0.3 is 10.0 Å². The smallest absolute Gasteiger partial charge is 0.237 e. The summed E-state index contributed by atoms with van der Waals surface area (Å²) in [5.74, 6) is 0.484. The van der Waals surface area contributed by atoms with Crippen LogP contribution >= 0.6 is 0 Å². The lowest BCUT2D eigenvalue weighted by atomic mass is 9.83. The second-order valence-corrected chi connectivity index (χ2v) is 6.83. The van der Waals surface area contributed by atoms with E-state index >= 15 is 0 Å². The Hall–Kier alpha value is -0.610. The predicted molar refractivity (Wildman–Crippen MR) is 75.8 cm³/mol. The number of nitrogens with zero attached hydrogens (tertiary/aromatic N) is 2. The minimum Gasteiger partial charge on any atom is -0.387 e. The number of piperidine rings is 1. The van der Waals surface area contributed by atoms with Gasteiger partial charge in [0, 0.05) is 25.2 Å².